The number of ether oxygens (including phenoxy) is 6. The van der Waals surface area contributed by atoms with Crippen molar-refractivity contribution in [2.45, 2.75) is 71.4 Å². The van der Waals surface area contributed by atoms with Crippen LogP contribution in [0.5, 0.6) is 0 Å². The first-order valence-corrected chi connectivity index (χ1v) is 11.3. The van der Waals surface area contributed by atoms with Gasteiger partial charge in [-0.2, -0.15) is 0 Å². The smallest absolute Gasteiger partial charge is 0.331 e. The predicted octanol–water partition coefficient (Wildman–Crippen LogP) is 0.601. The zero-order chi connectivity index (χ0) is 26.6. The summed E-state index contributed by atoms with van der Waals surface area (Å²) in [5.41, 5.74) is 0.827. The molecular formula is C24H29NO11. The van der Waals surface area contributed by atoms with Gasteiger partial charge in [0.2, 0.25) is 12.2 Å². The van der Waals surface area contributed by atoms with E-state index in [0.29, 0.717) is 0 Å². The molecule has 36 heavy (non-hydrogen) atoms. The molecular weight excluding hydrogens is 478 g/mol. The molecule has 1 amide bonds. The molecule has 1 N–H and O–H groups in total. The summed E-state index contributed by atoms with van der Waals surface area (Å²) in [6.45, 7) is 6.21. The van der Waals surface area contributed by atoms with Gasteiger partial charge < -0.3 is 33.7 Å². The molecule has 0 spiro atoms. The number of carbonyl (C=O) groups excluding carboxylic acids is 5. The number of rotatable bonds is 7. The Morgan fingerprint density at radius 1 is 1.00 bits per heavy atom. The Hall–Kier alpha value is -3.67. The minimum Gasteiger partial charge on any atom is -0.463 e. The van der Waals surface area contributed by atoms with Crippen LogP contribution in [0.3, 0.4) is 0 Å². The molecule has 0 unspecified atom stereocenters. The van der Waals surface area contributed by atoms with Crippen molar-refractivity contribution in [1.29, 1.82) is 0 Å². The van der Waals surface area contributed by atoms with Crippen molar-refractivity contribution in [3.05, 3.63) is 35.6 Å². The maximum atomic E-state index is 12.0. The van der Waals surface area contributed by atoms with Crippen LogP contribution in [0.25, 0.3) is 0 Å². The average Bonchev–Trinajstić information content (AvgIpc) is 2.75. The monoisotopic (exact) mass is 507 g/mol. The van der Waals surface area contributed by atoms with E-state index in [0.717, 1.165) is 19.4 Å². The van der Waals surface area contributed by atoms with Crippen LogP contribution in [-0.4, -0.2) is 73.1 Å². The fourth-order valence-corrected chi connectivity index (χ4v) is 4.20. The fraction of sp³-hybridized carbons (Fsp3) is 0.542. The van der Waals surface area contributed by atoms with E-state index >= 15 is 0 Å². The Kier molecular flexibility index (Phi) is 8.51. The van der Waals surface area contributed by atoms with E-state index in [1.807, 2.05) is 6.92 Å². The lowest BCUT2D eigenvalue weighted by molar-refractivity contribution is -0.268. The normalized spacial score (nSPS) is 31.0. The van der Waals surface area contributed by atoms with Gasteiger partial charge in [-0.1, -0.05) is 11.6 Å². The highest BCUT2D eigenvalue weighted by atomic mass is 16.7. The van der Waals surface area contributed by atoms with Crippen molar-refractivity contribution < 1.29 is 52.4 Å². The lowest BCUT2D eigenvalue weighted by Gasteiger charge is -2.45. The predicted molar refractivity (Wildman–Crippen MR) is 119 cm³/mol. The van der Waals surface area contributed by atoms with Gasteiger partial charge in [0.05, 0.1) is 0 Å². The van der Waals surface area contributed by atoms with Gasteiger partial charge in [-0.25, -0.2) is 4.79 Å². The van der Waals surface area contributed by atoms with Crippen LogP contribution in [0.2, 0.25) is 0 Å². The van der Waals surface area contributed by atoms with Gasteiger partial charge in [0.15, 0.2) is 12.2 Å². The van der Waals surface area contributed by atoms with Crippen molar-refractivity contribution in [2.24, 2.45) is 5.92 Å². The Labute approximate surface area is 207 Å². The van der Waals surface area contributed by atoms with Crippen LogP contribution < -0.4 is 5.32 Å². The number of esters is 4. The second kappa shape index (κ2) is 11.4. The van der Waals surface area contributed by atoms with E-state index in [4.69, 9.17) is 28.4 Å². The lowest BCUT2D eigenvalue weighted by atomic mass is 9.88. The van der Waals surface area contributed by atoms with Gasteiger partial charge in [-0.15, -0.1) is 0 Å². The standard InChI is InChI=1S/C24H29NO11/c1-11-8-20(30)35-18-9-16(6-7-17(11)18)34-24-21(25-12(2)26)23(33-15(5)29)22(32-14(4)28)19(36-24)10-31-13(3)27/h6-9,17-19,21-24H,10H2,1-5H3,(H,25,26)/t17-,18-,19+,21+,22+,23+,24+/m0/s1. The lowest BCUT2D eigenvalue weighted by Crippen LogP contribution is -2.66. The number of fused-ring (bicyclic) bond motifs is 1. The summed E-state index contributed by atoms with van der Waals surface area (Å²) in [7, 11) is 0. The minimum atomic E-state index is -1.27. The van der Waals surface area contributed by atoms with Gasteiger partial charge in [0.25, 0.3) is 0 Å². The summed E-state index contributed by atoms with van der Waals surface area (Å²) in [4.78, 5) is 59.1. The molecule has 1 fully saturated rings. The largest absolute Gasteiger partial charge is 0.463 e. The summed E-state index contributed by atoms with van der Waals surface area (Å²) in [5, 5.41) is 2.62. The molecule has 0 bridgehead atoms. The second-order valence-corrected chi connectivity index (χ2v) is 8.58. The molecule has 12 heteroatoms. The summed E-state index contributed by atoms with van der Waals surface area (Å²) in [6.07, 6.45) is 1.02. The molecule has 0 aromatic carbocycles. The van der Waals surface area contributed by atoms with Crippen molar-refractivity contribution in [2.75, 3.05) is 6.61 Å². The van der Waals surface area contributed by atoms with Crippen molar-refractivity contribution in [3.63, 3.8) is 0 Å². The van der Waals surface area contributed by atoms with Crippen LogP contribution in [0.1, 0.15) is 34.6 Å². The highest BCUT2D eigenvalue weighted by molar-refractivity contribution is 5.84. The van der Waals surface area contributed by atoms with Crippen LogP contribution in [0, 0.1) is 5.92 Å². The molecule has 1 saturated heterocycles. The third-order valence-corrected chi connectivity index (χ3v) is 5.60. The number of hydrogen-bond acceptors (Lipinski definition) is 11. The zero-order valence-electron chi connectivity index (χ0n) is 20.5. The van der Waals surface area contributed by atoms with E-state index in [1.165, 1.54) is 19.9 Å². The number of allylic oxidation sites excluding steroid dienone is 1. The summed E-state index contributed by atoms with van der Waals surface area (Å²) < 4.78 is 33.2. The maximum Gasteiger partial charge on any atom is 0.331 e. The van der Waals surface area contributed by atoms with E-state index in [9.17, 15) is 24.0 Å². The first-order chi connectivity index (χ1) is 16.9. The molecule has 0 aromatic rings. The van der Waals surface area contributed by atoms with Crippen molar-refractivity contribution >= 4 is 29.8 Å². The van der Waals surface area contributed by atoms with E-state index in [2.05, 4.69) is 5.32 Å². The number of carbonyl (C=O) groups is 5. The molecule has 7 atom stereocenters. The Balaban J connectivity index is 1.93. The first-order valence-electron chi connectivity index (χ1n) is 11.3. The van der Waals surface area contributed by atoms with Crippen LogP contribution in [-0.2, 0) is 52.4 Å². The topological polar surface area (TPSA) is 153 Å². The molecule has 0 saturated carbocycles. The van der Waals surface area contributed by atoms with E-state index in [-0.39, 0.29) is 18.3 Å². The van der Waals surface area contributed by atoms with Crippen molar-refractivity contribution in [1.82, 2.24) is 5.32 Å². The average molecular weight is 507 g/mol. The quantitative estimate of drug-likeness (QED) is 0.381. The molecule has 2 heterocycles. The third kappa shape index (κ3) is 6.72. The van der Waals surface area contributed by atoms with Crippen LogP contribution in [0.4, 0.5) is 0 Å². The first kappa shape index (κ1) is 26.9. The van der Waals surface area contributed by atoms with Gasteiger partial charge in [-0.05, 0) is 19.1 Å². The van der Waals surface area contributed by atoms with Gasteiger partial charge in [-0.3, -0.25) is 19.2 Å². The van der Waals surface area contributed by atoms with Gasteiger partial charge >= 0.3 is 23.9 Å². The Morgan fingerprint density at radius 2 is 1.67 bits per heavy atom. The van der Waals surface area contributed by atoms with E-state index in [1.54, 1.807) is 18.2 Å². The third-order valence-electron chi connectivity index (χ3n) is 5.60. The highest BCUT2D eigenvalue weighted by Gasteiger charge is 2.52. The fourth-order valence-electron chi connectivity index (χ4n) is 4.20. The summed E-state index contributed by atoms with van der Waals surface area (Å²) in [5.74, 6) is -2.91. The number of amides is 1. The Morgan fingerprint density at radius 3 is 2.28 bits per heavy atom. The Bertz CT molecular complexity index is 1010. The zero-order valence-corrected chi connectivity index (χ0v) is 20.5. The maximum absolute atomic E-state index is 12.0. The van der Waals surface area contributed by atoms with Gasteiger partial charge in [0.1, 0.15) is 30.6 Å². The molecule has 3 aliphatic rings. The second-order valence-electron chi connectivity index (χ2n) is 8.58. The molecule has 12 nitrogen and oxygen atoms in total. The van der Waals surface area contributed by atoms with Crippen LogP contribution >= 0.6 is 0 Å². The molecule has 3 rings (SSSR count). The molecule has 2 aliphatic heterocycles. The number of hydrogen-bond donors (Lipinski definition) is 1. The molecule has 0 aromatic heterocycles. The number of nitrogens with one attached hydrogen (secondary N) is 1. The molecule has 196 valence electrons. The minimum absolute atomic E-state index is 0.160. The molecule has 0 radical (unpaired) electrons. The van der Waals surface area contributed by atoms with Crippen molar-refractivity contribution in [3.8, 4) is 0 Å². The van der Waals surface area contributed by atoms with Gasteiger partial charge in [0, 0.05) is 39.7 Å². The summed E-state index contributed by atoms with van der Waals surface area (Å²) in [6, 6.07) is -1.12. The summed E-state index contributed by atoms with van der Waals surface area (Å²) >= 11 is 0. The highest BCUT2D eigenvalue weighted by Crippen LogP contribution is 2.33. The van der Waals surface area contributed by atoms with E-state index < -0.39 is 66.5 Å². The molecule has 1 aliphatic carbocycles. The van der Waals surface area contributed by atoms with Crippen LogP contribution in [0.15, 0.2) is 35.6 Å². The SMILES string of the molecule is CC(=O)N[C@H]1[C@H](OC2=C[C@@H]3OC(=O)C=C(C)[C@@H]3C=C2)O[C@H](COC(C)=O)[C@@H](OC(C)=O)[C@@H]1OC(C)=O.